The SMILES string of the molecule is C=C.Cc1cc(C(=O)NCc2cccc3ccccc23)ccc1C(=O)N[C@@H](CNC(=O)c1cccs1)C(=O)O. The van der Waals surface area contributed by atoms with Crippen LogP contribution in [0.15, 0.2) is 91.3 Å². The van der Waals surface area contributed by atoms with Gasteiger partial charge in [0.15, 0.2) is 0 Å². The largest absolute Gasteiger partial charge is 0.480 e. The number of nitrogens with one attached hydrogen (secondary N) is 3. The van der Waals surface area contributed by atoms with E-state index < -0.39 is 23.8 Å². The first-order valence-electron chi connectivity index (χ1n) is 12.0. The van der Waals surface area contributed by atoms with Crippen LogP contribution in [0.5, 0.6) is 0 Å². The Bertz CT molecular complexity index is 1480. The standard InChI is InChI=1S/C28H25N3O5S.C2H4/c1-17-14-19(25(32)29-15-20-8-4-7-18-6-2-3-9-22(18)20)11-12-21(17)26(33)31-23(28(35)36)16-30-27(34)24-10-5-13-37-24;1-2/h2-14,23H,15-16H2,1H3,(H,29,32)(H,30,34)(H,31,33)(H,35,36);1-2H2/t23-;/m0./s1. The van der Waals surface area contributed by atoms with Gasteiger partial charge >= 0.3 is 5.97 Å². The fraction of sp³-hybridized carbons (Fsp3) is 0.133. The molecule has 200 valence electrons. The molecule has 0 saturated carbocycles. The van der Waals surface area contributed by atoms with Crippen molar-refractivity contribution in [2.24, 2.45) is 0 Å². The van der Waals surface area contributed by atoms with Gasteiger partial charge in [0.05, 0.1) is 4.88 Å². The van der Waals surface area contributed by atoms with Crippen LogP contribution in [0.3, 0.4) is 0 Å². The van der Waals surface area contributed by atoms with Gasteiger partial charge in [-0.1, -0.05) is 48.5 Å². The zero-order chi connectivity index (χ0) is 28.4. The Kier molecular flexibility index (Phi) is 10.1. The molecule has 0 aliphatic carbocycles. The van der Waals surface area contributed by atoms with Gasteiger partial charge in [0.25, 0.3) is 17.7 Å². The van der Waals surface area contributed by atoms with Crippen LogP contribution in [0.25, 0.3) is 10.8 Å². The third kappa shape index (κ3) is 7.39. The van der Waals surface area contributed by atoms with Crippen LogP contribution < -0.4 is 16.0 Å². The molecule has 0 saturated heterocycles. The van der Waals surface area contributed by atoms with Crippen molar-refractivity contribution in [3.63, 3.8) is 0 Å². The number of hydrogen-bond donors (Lipinski definition) is 4. The lowest BCUT2D eigenvalue weighted by Gasteiger charge is -2.16. The van der Waals surface area contributed by atoms with Gasteiger partial charge in [-0.3, -0.25) is 14.4 Å². The highest BCUT2D eigenvalue weighted by atomic mass is 32.1. The van der Waals surface area contributed by atoms with Gasteiger partial charge in [-0.25, -0.2) is 4.79 Å². The maximum absolute atomic E-state index is 12.8. The number of amides is 3. The van der Waals surface area contributed by atoms with Crippen molar-refractivity contribution in [2.75, 3.05) is 6.54 Å². The Morgan fingerprint density at radius 3 is 2.31 bits per heavy atom. The molecule has 3 aromatic carbocycles. The molecule has 3 amide bonds. The Morgan fingerprint density at radius 1 is 0.872 bits per heavy atom. The van der Waals surface area contributed by atoms with Gasteiger partial charge in [0, 0.05) is 24.2 Å². The van der Waals surface area contributed by atoms with Gasteiger partial charge in [0.1, 0.15) is 6.04 Å². The van der Waals surface area contributed by atoms with Crippen LogP contribution in [0, 0.1) is 6.92 Å². The molecule has 1 heterocycles. The van der Waals surface area contributed by atoms with Gasteiger partial charge in [-0.15, -0.1) is 24.5 Å². The molecular weight excluding hydrogens is 514 g/mol. The van der Waals surface area contributed by atoms with Crippen LogP contribution in [0.1, 0.15) is 41.5 Å². The predicted molar refractivity (Wildman–Crippen MR) is 153 cm³/mol. The molecule has 4 rings (SSSR count). The average Bonchev–Trinajstić information content (AvgIpc) is 3.50. The van der Waals surface area contributed by atoms with Crippen LogP contribution in [0.2, 0.25) is 0 Å². The molecule has 0 aliphatic heterocycles. The minimum absolute atomic E-state index is 0.237. The molecule has 1 atom stereocenters. The van der Waals surface area contributed by atoms with E-state index in [1.165, 1.54) is 23.5 Å². The van der Waals surface area contributed by atoms with Crippen molar-refractivity contribution in [3.8, 4) is 0 Å². The quantitative estimate of drug-likeness (QED) is 0.231. The van der Waals surface area contributed by atoms with Crippen LogP contribution in [-0.2, 0) is 11.3 Å². The number of carbonyl (C=O) groups excluding carboxylic acids is 3. The third-order valence-electron chi connectivity index (χ3n) is 5.87. The van der Waals surface area contributed by atoms with E-state index >= 15 is 0 Å². The number of carboxylic acids is 1. The molecular formula is C30H29N3O5S. The van der Waals surface area contributed by atoms with Crippen molar-refractivity contribution in [2.45, 2.75) is 19.5 Å². The molecule has 0 spiro atoms. The summed E-state index contributed by atoms with van der Waals surface area (Å²) in [6.07, 6.45) is 0. The highest BCUT2D eigenvalue weighted by Crippen LogP contribution is 2.19. The Morgan fingerprint density at radius 2 is 1.62 bits per heavy atom. The second-order valence-electron chi connectivity index (χ2n) is 8.40. The number of carboxylic acid groups (broad SMARTS) is 1. The van der Waals surface area contributed by atoms with E-state index in [9.17, 15) is 24.3 Å². The summed E-state index contributed by atoms with van der Waals surface area (Å²) >= 11 is 1.23. The summed E-state index contributed by atoms with van der Waals surface area (Å²) in [5.74, 6) is -2.59. The van der Waals surface area contributed by atoms with E-state index in [1.54, 1.807) is 30.5 Å². The highest BCUT2D eigenvalue weighted by molar-refractivity contribution is 7.12. The van der Waals surface area contributed by atoms with Crippen molar-refractivity contribution in [3.05, 3.63) is 118 Å². The van der Waals surface area contributed by atoms with Gasteiger partial charge in [-0.2, -0.15) is 0 Å². The van der Waals surface area contributed by atoms with Crippen molar-refractivity contribution >= 4 is 45.8 Å². The van der Waals surface area contributed by atoms with Crippen LogP contribution >= 0.6 is 11.3 Å². The lowest BCUT2D eigenvalue weighted by atomic mass is 10.0. The normalized spacial score (nSPS) is 11.0. The number of benzene rings is 3. The number of carbonyl (C=O) groups is 4. The maximum Gasteiger partial charge on any atom is 0.328 e. The minimum atomic E-state index is -1.32. The molecule has 0 unspecified atom stereocenters. The van der Waals surface area contributed by atoms with Crippen LogP contribution in [0.4, 0.5) is 0 Å². The molecule has 0 aliphatic rings. The summed E-state index contributed by atoms with van der Waals surface area (Å²) in [6.45, 7) is 7.75. The lowest BCUT2D eigenvalue weighted by Crippen LogP contribution is -2.48. The van der Waals surface area contributed by atoms with Crippen molar-refractivity contribution in [1.82, 2.24) is 16.0 Å². The Balaban J connectivity index is 0.00000205. The first-order chi connectivity index (χ1) is 18.8. The third-order valence-corrected chi connectivity index (χ3v) is 6.74. The zero-order valence-corrected chi connectivity index (χ0v) is 22.2. The summed E-state index contributed by atoms with van der Waals surface area (Å²) in [6, 6.07) is 20.5. The van der Waals surface area contributed by atoms with E-state index in [-0.39, 0.29) is 18.0 Å². The first-order valence-corrected chi connectivity index (χ1v) is 12.9. The lowest BCUT2D eigenvalue weighted by molar-refractivity contribution is -0.139. The number of rotatable bonds is 9. The molecule has 1 aromatic heterocycles. The van der Waals surface area contributed by atoms with Gasteiger partial charge < -0.3 is 21.1 Å². The number of fused-ring (bicyclic) bond motifs is 1. The molecule has 9 heteroatoms. The summed E-state index contributed by atoms with van der Waals surface area (Å²) < 4.78 is 0. The smallest absolute Gasteiger partial charge is 0.328 e. The minimum Gasteiger partial charge on any atom is -0.480 e. The molecule has 0 fully saturated rings. The Labute approximate surface area is 230 Å². The van der Waals surface area contributed by atoms with Gasteiger partial charge in [-0.05, 0) is 58.5 Å². The Hall–Kier alpha value is -4.76. The van der Waals surface area contributed by atoms with E-state index in [0.29, 0.717) is 22.5 Å². The zero-order valence-electron chi connectivity index (χ0n) is 21.4. The summed E-state index contributed by atoms with van der Waals surface area (Å²) in [5, 5.41) is 21.3. The number of aliphatic carboxylic acids is 1. The van der Waals surface area contributed by atoms with Crippen molar-refractivity contribution < 1.29 is 24.3 Å². The fourth-order valence-electron chi connectivity index (χ4n) is 3.91. The topological polar surface area (TPSA) is 125 Å². The van der Waals surface area contributed by atoms with Crippen LogP contribution in [-0.4, -0.2) is 41.4 Å². The van der Waals surface area contributed by atoms with E-state index in [0.717, 1.165) is 16.3 Å². The summed E-state index contributed by atoms with van der Waals surface area (Å²) in [4.78, 5) is 49.8. The molecule has 0 bridgehead atoms. The van der Waals surface area contributed by atoms with Gasteiger partial charge in [0.2, 0.25) is 0 Å². The molecule has 0 radical (unpaired) electrons. The second kappa shape index (κ2) is 13.7. The summed E-state index contributed by atoms with van der Waals surface area (Å²) in [7, 11) is 0. The molecule has 39 heavy (non-hydrogen) atoms. The summed E-state index contributed by atoms with van der Waals surface area (Å²) in [5.41, 5.74) is 2.13. The first kappa shape index (κ1) is 28.8. The van der Waals surface area contributed by atoms with E-state index in [2.05, 4.69) is 29.1 Å². The molecule has 4 aromatic rings. The van der Waals surface area contributed by atoms with E-state index in [4.69, 9.17) is 0 Å². The predicted octanol–water partition coefficient (Wildman–Crippen LogP) is 4.55. The molecule has 8 nitrogen and oxygen atoms in total. The fourth-order valence-corrected chi connectivity index (χ4v) is 4.55. The van der Waals surface area contributed by atoms with Crippen molar-refractivity contribution in [1.29, 1.82) is 0 Å². The van der Waals surface area contributed by atoms with E-state index in [1.807, 2.05) is 42.5 Å². The second-order valence-corrected chi connectivity index (χ2v) is 9.35. The molecule has 4 N–H and O–H groups in total. The highest BCUT2D eigenvalue weighted by Gasteiger charge is 2.23. The number of hydrogen-bond acceptors (Lipinski definition) is 5. The maximum atomic E-state index is 12.8. The monoisotopic (exact) mass is 543 g/mol. The number of aryl methyl sites for hydroxylation is 1. The number of thiophene rings is 1. The average molecular weight is 544 g/mol.